The molecule has 1 heterocycles. The number of carbonyl (C=O) groups excluding carboxylic acids is 6. The molecule has 3 aliphatic carbocycles. The summed E-state index contributed by atoms with van der Waals surface area (Å²) in [5.74, 6) is -6.30. The number of carbonyl (C=O) groups is 6. The van der Waals surface area contributed by atoms with Crippen molar-refractivity contribution in [3.05, 3.63) is 122 Å². The van der Waals surface area contributed by atoms with Crippen LogP contribution in [-0.2, 0) is 42.9 Å². The minimum atomic E-state index is -2.32. The summed E-state index contributed by atoms with van der Waals surface area (Å²) in [6.45, 7) is 8.20. The Bertz CT molecular complexity index is 2380. The van der Waals surface area contributed by atoms with Crippen LogP contribution in [0.25, 0.3) is 5.70 Å². The van der Waals surface area contributed by atoms with Crippen LogP contribution in [0.15, 0.2) is 102 Å². The van der Waals surface area contributed by atoms with Crippen LogP contribution in [0.1, 0.15) is 80.7 Å². The van der Waals surface area contributed by atoms with Gasteiger partial charge in [-0.15, -0.1) is 0 Å². The maximum Gasteiger partial charge on any atom is 0.338 e. The first-order valence-electron chi connectivity index (χ1n) is 20.2. The van der Waals surface area contributed by atoms with E-state index in [1.807, 2.05) is 6.07 Å². The van der Waals surface area contributed by atoms with Gasteiger partial charge in [-0.25, -0.2) is 9.59 Å². The van der Waals surface area contributed by atoms with Gasteiger partial charge in [0.25, 0.3) is 5.91 Å². The summed E-state index contributed by atoms with van der Waals surface area (Å²) in [6.07, 6.45) is -6.98. The van der Waals surface area contributed by atoms with E-state index in [0.29, 0.717) is 11.1 Å². The van der Waals surface area contributed by atoms with Crippen LogP contribution in [0, 0.1) is 20.3 Å². The predicted molar refractivity (Wildman–Crippen MR) is 230 cm³/mol. The molecule has 1 unspecified atom stereocenters. The molecule has 3 aromatic rings. The Balaban J connectivity index is 1.41. The van der Waals surface area contributed by atoms with Crippen molar-refractivity contribution in [2.24, 2.45) is 16.7 Å². The van der Waals surface area contributed by atoms with Crippen molar-refractivity contribution in [2.45, 2.75) is 96.1 Å². The Morgan fingerprint density at radius 3 is 2.06 bits per heavy atom. The summed E-state index contributed by atoms with van der Waals surface area (Å²) in [7, 11) is 0. The highest BCUT2D eigenvalue weighted by Crippen LogP contribution is 2.64. The molecule has 9 atom stereocenters. The summed E-state index contributed by atoms with van der Waals surface area (Å²) in [4.78, 5) is 83.4. The second kappa shape index (κ2) is 16.8. The topological polar surface area (TPSA) is 201 Å². The Kier molecular flexibility index (Phi) is 12.1. The molecule has 0 spiro atoms. The number of Topliss-reactive ketones (excluding diaryl/α,β-unsaturated/α-hetero) is 1. The van der Waals surface area contributed by atoms with E-state index in [1.54, 1.807) is 87.5 Å². The number of aliphatic hydroxyl groups is 2. The summed E-state index contributed by atoms with van der Waals surface area (Å²) < 4.78 is 31.3. The highest BCUT2D eigenvalue weighted by atomic mass is 127. The lowest BCUT2D eigenvalue weighted by Crippen LogP contribution is -2.82. The van der Waals surface area contributed by atoms with Crippen LogP contribution in [0.4, 0.5) is 0 Å². The molecular weight excluding hydrogens is 913 g/mol. The number of aliphatic hydroxyl groups excluding tert-OH is 1. The van der Waals surface area contributed by atoms with Gasteiger partial charge in [-0.1, -0.05) is 62.4 Å². The van der Waals surface area contributed by atoms with Gasteiger partial charge in [0.2, 0.25) is 0 Å². The molecule has 14 nitrogen and oxygen atoms in total. The maximum atomic E-state index is 15.5. The molecule has 0 radical (unpaired) electrons. The molecule has 15 heteroatoms. The van der Waals surface area contributed by atoms with E-state index in [1.165, 1.54) is 26.0 Å². The average Bonchev–Trinajstić information content (AvgIpc) is 3.22. The van der Waals surface area contributed by atoms with Gasteiger partial charge < -0.3 is 39.2 Å². The third-order valence-corrected chi connectivity index (χ3v) is 13.8. The van der Waals surface area contributed by atoms with E-state index in [0.717, 1.165) is 16.6 Å². The first kappa shape index (κ1) is 44.8. The van der Waals surface area contributed by atoms with Crippen LogP contribution in [0.5, 0.6) is 0 Å². The van der Waals surface area contributed by atoms with Crippen molar-refractivity contribution in [1.82, 2.24) is 5.32 Å². The fraction of sp³-hybridized carbons (Fsp3) is 0.404. The minimum Gasteiger partial charge on any atom is -0.455 e. The summed E-state index contributed by atoms with van der Waals surface area (Å²) in [5, 5.41) is 28.6. The molecule has 3 N–H and O–H groups in total. The van der Waals surface area contributed by atoms with Gasteiger partial charge in [0.1, 0.15) is 23.9 Å². The smallest absolute Gasteiger partial charge is 0.338 e. The van der Waals surface area contributed by atoms with Gasteiger partial charge in [0.05, 0.1) is 35.3 Å². The Hall–Kier alpha value is -5.23. The van der Waals surface area contributed by atoms with Crippen LogP contribution in [-0.4, -0.2) is 94.1 Å². The van der Waals surface area contributed by atoms with E-state index in [2.05, 4.69) is 27.9 Å². The van der Waals surface area contributed by atoms with E-state index in [4.69, 9.17) is 23.7 Å². The number of hydrogen-bond acceptors (Lipinski definition) is 13. The number of halogens is 1. The molecule has 4 aliphatic rings. The summed E-state index contributed by atoms with van der Waals surface area (Å²) in [5.41, 5.74) is -6.36. The highest BCUT2D eigenvalue weighted by Gasteiger charge is 2.78. The van der Waals surface area contributed by atoms with Crippen molar-refractivity contribution in [2.75, 3.05) is 6.61 Å². The van der Waals surface area contributed by atoms with E-state index < -0.39 is 100 Å². The van der Waals surface area contributed by atoms with Crippen molar-refractivity contribution in [3.8, 4) is 0 Å². The fourth-order valence-corrected chi connectivity index (χ4v) is 10.5. The van der Waals surface area contributed by atoms with E-state index in [-0.39, 0.29) is 35.4 Å². The molecular formula is C47H48INO13. The van der Waals surface area contributed by atoms with Gasteiger partial charge in [0, 0.05) is 47.3 Å². The normalized spacial score (nSPS) is 31.1. The molecule has 62 heavy (non-hydrogen) atoms. The number of fused-ring (bicyclic) bond motifs is 5. The third kappa shape index (κ3) is 7.66. The van der Waals surface area contributed by atoms with E-state index in [9.17, 15) is 34.2 Å². The quantitative estimate of drug-likeness (QED) is 0.0824. The number of rotatable bonds is 9. The largest absolute Gasteiger partial charge is 0.455 e. The molecule has 326 valence electrons. The Labute approximate surface area is 372 Å². The maximum absolute atomic E-state index is 15.5. The van der Waals surface area contributed by atoms with E-state index >= 15 is 4.79 Å². The Morgan fingerprint density at radius 2 is 1.48 bits per heavy atom. The van der Waals surface area contributed by atoms with Crippen molar-refractivity contribution in [1.29, 1.82) is 0 Å². The van der Waals surface area contributed by atoms with Gasteiger partial charge in [-0.05, 0) is 89.5 Å². The number of ketones is 1. The monoisotopic (exact) mass is 961 g/mol. The lowest BCUT2D eigenvalue weighted by molar-refractivity contribution is -0.346. The van der Waals surface area contributed by atoms with Gasteiger partial charge in [-0.2, -0.15) is 0 Å². The van der Waals surface area contributed by atoms with Crippen LogP contribution >= 0.6 is 22.6 Å². The zero-order chi connectivity index (χ0) is 44.9. The number of benzene rings is 3. The third-order valence-electron chi connectivity index (χ3n) is 13.1. The molecule has 3 fully saturated rings. The molecule has 7 rings (SSSR count). The standard InChI is InChI=1S/C47H48INO13/c1-25-33(60-36(53)21-32(30-18-13-19-31(48)20-30)49-42(55)28-14-9-7-10-15-28)23-47(57)41(61-43(56)29-16-11-8-12-17-29)39-45(6,34(52)22-35-46(39,24-58-35)62-27(3)51)40(54)38(59-26(2)50)37(25)44(47,4)5/h7-21,33-35,38-39,41,52,57H,22-24H2,1-6H3,(H,49,55)/b32-21-/t33?,34-,35+,38+,39-,41-,45+,46-,47+/m0/s1. The summed E-state index contributed by atoms with van der Waals surface area (Å²) >= 11 is 2.11. The molecule has 1 aliphatic heterocycles. The van der Waals surface area contributed by atoms with Gasteiger partial charge in [-0.3, -0.25) is 19.2 Å². The number of esters is 4. The second-order valence-corrected chi connectivity index (χ2v) is 18.3. The first-order valence-corrected chi connectivity index (χ1v) is 21.3. The van der Waals surface area contributed by atoms with Crippen molar-refractivity contribution < 1.29 is 62.7 Å². The number of hydrogen-bond donors (Lipinski definition) is 3. The Morgan fingerprint density at radius 1 is 0.855 bits per heavy atom. The van der Waals surface area contributed by atoms with Gasteiger partial charge in [0.15, 0.2) is 17.5 Å². The zero-order valence-corrected chi connectivity index (χ0v) is 37.2. The fourth-order valence-electron chi connectivity index (χ4n) is 9.94. The zero-order valence-electron chi connectivity index (χ0n) is 35.0. The molecule has 2 bridgehead atoms. The SMILES string of the molecule is CC(=O)O[C@H]1C(=O)[C@@]2(C)[C@H]([C@H](OC(=O)c3ccccc3)[C@]3(O)CC(OC(=O)/C=C(\NC(=O)c4ccccc4)c4cccc(I)c4)C(C)=C1C3(C)C)[C@]1(OC(C)=O)CO[C@@H]1C[C@@H]2O. The van der Waals surface area contributed by atoms with Crippen LogP contribution < -0.4 is 5.32 Å². The highest BCUT2D eigenvalue weighted by molar-refractivity contribution is 14.1. The van der Waals surface area contributed by atoms with Gasteiger partial charge >= 0.3 is 23.9 Å². The summed E-state index contributed by atoms with van der Waals surface area (Å²) in [6, 6.07) is 23.4. The van der Waals surface area contributed by atoms with Crippen LogP contribution in [0.3, 0.4) is 0 Å². The molecule has 2 saturated carbocycles. The predicted octanol–water partition coefficient (Wildman–Crippen LogP) is 5.28. The molecule has 3 aromatic carbocycles. The number of nitrogens with one attached hydrogen (secondary N) is 1. The lowest BCUT2D eigenvalue weighted by atomic mass is 9.44. The molecule has 1 saturated heterocycles. The molecule has 0 aromatic heterocycles. The molecule has 1 amide bonds. The van der Waals surface area contributed by atoms with Crippen molar-refractivity contribution >= 4 is 63.9 Å². The van der Waals surface area contributed by atoms with Crippen LogP contribution in [0.2, 0.25) is 0 Å². The average molecular weight is 962 g/mol. The lowest BCUT2D eigenvalue weighted by Gasteiger charge is -2.67. The number of ether oxygens (including phenoxy) is 5. The second-order valence-electron chi connectivity index (χ2n) is 17.1. The minimum absolute atomic E-state index is 0.0598. The number of amides is 1. The first-order chi connectivity index (χ1) is 29.2. The van der Waals surface area contributed by atoms with Crippen molar-refractivity contribution in [3.63, 3.8) is 0 Å².